The third-order valence-electron chi connectivity index (χ3n) is 6.82. The van der Waals surface area contributed by atoms with Gasteiger partial charge in [0, 0.05) is 19.7 Å². The molecule has 1 aliphatic heterocycles. The highest BCUT2D eigenvalue weighted by Crippen LogP contribution is 2.30. The molecule has 1 aliphatic rings. The summed E-state index contributed by atoms with van der Waals surface area (Å²) in [5.41, 5.74) is 0.0136. The van der Waals surface area contributed by atoms with E-state index in [1.165, 1.54) is 23.5 Å². The van der Waals surface area contributed by atoms with Crippen LogP contribution in [0.3, 0.4) is 0 Å². The molecular formula is C28H40N2O6S. The third-order valence-corrected chi connectivity index (χ3v) is 8.67. The number of methoxy groups -OCH3 is 1. The lowest BCUT2D eigenvalue weighted by Gasteiger charge is -2.33. The van der Waals surface area contributed by atoms with Crippen LogP contribution in [0.1, 0.15) is 45.6 Å². The Labute approximate surface area is 221 Å². The van der Waals surface area contributed by atoms with Gasteiger partial charge in [-0.05, 0) is 61.4 Å². The summed E-state index contributed by atoms with van der Waals surface area (Å²) in [6, 6.07) is 15.0. The Hall–Kier alpha value is -2.46. The van der Waals surface area contributed by atoms with E-state index in [-0.39, 0.29) is 29.8 Å². The van der Waals surface area contributed by atoms with E-state index in [9.17, 15) is 18.3 Å². The molecule has 3 unspecified atom stereocenters. The van der Waals surface area contributed by atoms with Gasteiger partial charge in [-0.3, -0.25) is 4.79 Å². The van der Waals surface area contributed by atoms with Crippen LogP contribution >= 0.6 is 0 Å². The number of aliphatic hydroxyl groups excluding tert-OH is 1. The lowest BCUT2D eigenvalue weighted by molar-refractivity contribution is -0.143. The van der Waals surface area contributed by atoms with Crippen molar-refractivity contribution in [3.8, 4) is 5.75 Å². The molecule has 1 fully saturated rings. The third kappa shape index (κ3) is 7.31. The van der Waals surface area contributed by atoms with Gasteiger partial charge >= 0.3 is 0 Å². The number of ether oxygens (including phenoxy) is 2. The molecule has 0 aliphatic carbocycles. The predicted octanol–water partition coefficient (Wildman–Crippen LogP) is 3.39. The number of carbonyl (C=O) groups is 1. The molecule has 0 aromatic heterocycles. The zero-order chi connectivity index (χ0) is 27.1. The summed E-state index contributed by atoms with van der Waals surface area (Å²) in [6.07, 6.45) is 1.15. The number of hydrogen-bond acceptors (Lipinski definition) is 6. The standard InChI is InChI=1S/C28H40N2O6S/c1-5-28(16-9-17-36-28)27(32)29-25(18-22-10-7-6-8-11-22)26(31)20-30(19-21(2)3)37(33,34)24-14-12-23(35-4)13-15-24/h6-8,10-15,21,25-26,31H,5,9,16-20H2,1-4H3,(H,29,32). The molecule has 0 spiro atoms. The highest BCUT2D eigenvalue weighted by atomic mass is 32.2. The minimum atomic E-state index is -3.90. The molecule has 37 heavy (non-hydrogen) atoms. The first-order valence-corrected chi connectivity index (χ1v) is 14.4. The maximum atomic E-state index is 13.6. The zero-order valence-electron chi connectivity index (χ0n) is 22.2. The van der Waals surface area contributed by atoms with Crippen LogP contribution in [-0.2, 0) is 26.0 Å². The molecule has 0 saturated carbocycles. The van der Waals surface area contributed by atoms with Crippen molar-refractivity contribution in [2.24, 2.45) is 5.92 Å². The van der Waals surface area contributed by atoms with E-state index >= 15 is 0 Å². The second-order valence-electron chi connectivity index (χ2n) is 10.0. The van der Waals surface area contributed by atoms with Crippen LogP contribution in [0.5, 0.6) is 5.75 Å². The fourth-order valence-corrected chi connectivity index (χ4v) is 6.30. The molecule has 8 nitrogen and oxygen atoms in total. The van der Waals surface area contributed by atoms with Gasteiger partial charge in [0.1, 0.15) is 11.4 Å². The molecule has 3 rings (SSSR count). The van der Waals surface area contributed by atoms with Crippen molar-refractivity contribution >= 4 is 15.9 Å². The van der Waals surface area contributed by atoms with Gasteiger partial charge in [-0.25, -0.2) is 8.42 Å². The average molecular weight is 533 g/mol. The van der Waals surface area contributed by atoms with E-state index in [0.717, 1.165) is 12.0 Å². The lowest BCUT2D eigenvalue weighted by atomic mass is 9.94. The number of benzene rings is 2. The van der Waals surface area contributed by atoms with Crippen molar-refractivity contribution in [1.82, 2.24) is 9.62 Å². The smallest absolute Gasteiger partial charge is 0.252 e. The zero-order valence-corrected chi connectivity index (χ0v) is 23.0. The van der Waals surface area contributed by atoms with Gasteiger partial charge in [0.25, 0.3) is 5.91 Å². The second kappa shape index (κ2) is 12.9. The Morgan fingerprint density at radius 2 is 1.81 bits per heavy atom. The van der Waals surface area contributed by atoms with Crippen molar-refractivity contribution in [1.29, 1.82) is 0 Å². The number of hydrogen-bond donors (Lipinski definition) is 2. The first-order chi connectivity index (χ1) is 17.6. The lowest BCUT2D eigenvalue weighted by Crippen LogP contribution is -2.56. The van der Waals surface area contributed by atoms with Crippen molar-refractivity contribution in [3.63, 3.8) is 0 Å². The van der Waals surface area contributed by atoms with Gasteiger partial charge in [-0.15, -0.1) is 0 Å². The molecular weight excluding hydrogens is 492 g/mol. The predicted molar refractivity (Wildman–Crippen MR) is 143 cm³/mol. The van der Waals surface area contributed by atoms with Crippen LogP contribution < -0.4 is 10.1 Å². The molecule has 1 saturated heterocycles. The summed E-state index contributed by atoms with van der Waals surface area (Å²) in [5.74, 6) is 0.317. The van der Waals surface area contributed by atoms with Crippen LogP contribution in [0.15, 0.2) is 59.5 Å². The maximum absolute atomic E-state index is 13.6. The van der Waals surface area contributed by atoms with E-state index < -0.39 is 27.8 Å². The van der Waals surface area contributed by atoms with Gasteiger partial charge in [0.05, 0.1) is 24.2 Å². The number of nitrogens with one attached hydrogen (secondary N) is 1. The van der Waals surface area contributed by atoms with Crippen LogP contribution in [-0.4, -0.2) is 68.3 Å². The average Bonchev–Trinajstić information content (AvgIpc) is 3.39. The Balaban J connectivity index is 1.87. The van der Waals surface area contributed by atoms with Crippen LogP contribution in [0.2, 0.25) is 0 Å². The number of aliphatic hydroxyl groups is 1. The number of amides is 1. The Kier molecular flexibility index (Phi) is 10.1. The van der Waals surface area contributed by atoms with E-state index in [1.807, 2.05) is 51.1 Å². The molecule has 0 radical (unpaired) electrons. The highest BCUT2D eigenvalue weighted by Gasteiger charge is 2.42. The van der Waals surface area contributed by atoms with E-state index in [2.05, 4.69) is 5.32 Å². The fourth-order valence-electron chi connectivity index (χ4n) is 4.68. The van der Waals surface area contributed by atoms with Crippen molar-refractivity contribution in [2.45, 2.75) is 69.1 Å². The van der Waals surface area contributed by atoms with Crippen molar-refractivity contribution < 1.29 is 27.8 Å². The molecule has 3 atom stereocenters. The van der Waals surface area contributed by atoms with Crippen molar-refractivity contribution in [2.75, 3.05) is 26.8 Å². The van der Waals surface area contributed by atoms with Crippen LogP contribution in [0.25, 0.3) is 0 Å². The Bertz CT molecular complexity index is 1100. The molecule has 2 N–H and O–H groups in total. The number of carbonyl (C=O) groups excluding carboxylic acids is 1. The molecule has 1 heterocycles. The van der Waals surface area contributed by atoms with Crippen LogP contribution in [0.4, 0.5) is 0 Å². The number of sulfonamides is 1. The highest BCUT2D eigenvalue weighted by molar-refractivity contribution is 7.89. The number of nitrogens with zero attached hydrogens (tertiary/aromatic N) is 1. The first-order valence-electron chi connectivity index (χ1n) is 12.9. The maximum Gasteiger partial charge on any atom is 0.252 e. The van der Waals surface area contributed by atoms with Gasteiger partial charge in [-0.1, -0.05) is 51.1 Å². The van der Waals surface area contributed by atoms with Gasteiger partial charge in [-0.2, -0.15) is 4.31 Å². The molecule has 2 aromatic carbocycles. The summed E-state index contributed by atoms with van der Waals surface area (Å²) < 4.78 is 39.5. The monoisotopic (exact) mass is 532 g/mol. The Morgan fingerprint density at radius 3 is 2.35 bits per heavy atom. The van der Waals surface area contributed by atoms with Crippen molar-refractivity contribution in [3.05, 3.63) is 60.2 Å². The summed E-state index contributed by atoms with van der Waals surface area (Å²) in [7, 11) is -2.38. The quantitative estimate of drug-likeness (QED) is 0.410. The van der Waals surface area contributed by atoms with Gasteiger partial charge < -0.3 is 19.9 Å². The summed E-state index contributed by atoms with van der Waals surface area (Å²) in [5, 5.41) is 14.4. The largest absolute Gasteiger partial charge is 0.497 e. The number of rotatable bonds is 13. The normalized spacial score (nSPS) is 19.6. The minimum Gasteiger partial charge on any atom is -0.497 e. The van der Waals surface area contributed by atoms with Gasteiger partial charge in [0.2, 0.25) is 10.0 Å². The van der Waals surface area contributed by atoms with Crippen LogP contribution in [0, 0.1) is 5.92 Å². The first kappa shape index (κ1) is 29.1. The minimum absolute atomic E-state index is 0.0256. The van der Waals surface area contributed by atoms with Gasteiger partial charge in [0.15, 0.2) is 0 Å². The molecule has 1 amide bonds. The molecule has 204 valence electrons. The summed E-state index contributed by atoms with van der Waals surface area (Å²) >= 11 is 0. The SMILES string of the molecule is CCC1(C(=O)NC(Cc2ccccc2)C(O)CN(CC(C)C)S(=O)(=O)c2ccc(OC)cc2)CCCO1. The molecule has 2 aromatic rings. The summed E-state index contributed by atoms with van der Waals surface area (Å²) in [4.78, 5) is 13.5. The summed E-state index contributed by atoms with van der Waals surface area (Å²) in [6.45, 7) is 6.35. The molecule has 9 heteroatoms. The second-order valence-corrected chi connectivity index (χ2v) is 12.0. The topological polar surface area (TPSA) is 105 Å². The van der Waals surface area contributed by atoms with E-state index in [0.29, 0.717) is 31.6 Å². The Morgan fingerprint density at radius 1 is 1.14 bits per heavy atom. The fraction of sp³-hybridized carbons (Fsp3) is 0.536. The molecule has 0 bridgehead atoms. The van der Waals surface area contributed by atoms with E-state index in [1.54, 1.807) is 12.1 Å². The van der Waals surface area contributed by atoms with E-state index in [4.69, 9.17) is 9.47 Å².